The van der Waals surface area contributed by atoms with E-state index in [1.54, 1.807) is 0 Å². The van der Waals surface area contributed by atoms with Gasteiger partial charge in [-0.3, -0.25) is 4.98 Å². The molecule has 0 saturated heterocycles. The van der Waals surface area contributed by atoms with E-state index >= 15 is 0 Å². The summed E-state index contributed by atoms with van der Waals surface area (Å²) in [5.41, 5.74) is 4.38. The second-order valence-electron chi connectivity index (χ2n) is 4.16. The van der Waals surface area contributed by atoms with Gasteiger partial charge in [-0.2, -0.15) is 0 Å². The highest BCUT2D eigenvalue weighted by atomic mass is 15.1. The van der Waals surface area contributed by atoms with Gasteiger partial charge in [0.15, 0.2) is 0 Å². The zero-order valence-electron chi connectivity index (χ0n) is 10.2. The molecule has 1 aromatic heterocycles. The van der Waals surface area contributed by atoms with Gasteiger partial charge in [-0.15, -0.1) is 0 Å². The number of aromatic nitrogens is 1. The number of pyridine rings is 1. The maximum absolute atomic E-state index is 4.56. The summed E-state index contributed by atoms with van der Waals surface area (Å²) in [7, 11) is 6.01. The molecule has 2 aromatic rings. The predicted octanol–water partition coefficient (Wildman–Crippen LogP) is 2.65. The van der Waals surface area contributed by atoms with E-state index in [9.17, 15) is 0 Å². The van der Waals surface area contributed by atoms with Crippen LogP contribution < -0.4 is 10.2 Å². The standard InChI is InChI=1S/C13H17N3/c1-9-7-12(14-2)11-6-5-10(16(3)4)8-13(11)15-9/h5-8H,1-4H3,(H,14,15). The van der Waals surface area contributed by atoms with Gasteiger partial charge in [0.05, 0.1) is 5.52 Å². The third-order valence-electron chi connectivity index (χ3n) is 2.71. The lowest BCUT2D eigenvalue weighted by Gasteiger charge is -2.14. The molecule has 0 radical (unpaired) electrons. The molecular formula is C13H17N3. The SMILES string of the molecule is CNc1cc(C)nc2cc(N(C)C)ccc12. The minimum atomic E-state index is 1.03. The second-order valence-corrected chi connectivity index (χ2v) is 4.16. The first-order valence-electron chi connectivity index (χ1n) is 5.38. The Labute approximate surface area is 96.1 Å². The molecule has 0 saturated carbocycles. The van der Waals surface area contributed by atoms with Crippen molar-refractivity contribution in [3.63, 3.8) is 0 Å². The lowest BCUT2D eigenvalue weighted by atomic mass is 10.1. The van der Waals surface area contributed by atoms with E-state index in [1.165, 1.54) is 11.1 Å². The van der Waals surface area contributed by atoms with Gasteiger partial charge < -0.3 is 10.2 Å². The first kappa shape index (κ1) is 10.7. The fourth-order valence-corrected chi connectivity index (χ4v) is 1.83. The molecule has 0 amide bonds. The number of nitrogens with zero attached hydrogens (tertiary/aromatic N) is 2. The summed E-state index contributed by atoms with van der Waals surface area (Å²) < 4.78 is 0. The highest BCUT2D eigenvalue weighted by molar-refractivity contribution is 5.93. The van der Waals surface area contributed by atoms with E-state index in [4.69, 9.17) is 0 Å². The number of anilines is 2. The van der Waals surface area contributed by atoms with Crippen LogP contribution in [0.25, 0.3) is 10.9 Å². The summed E-state index contributed by atoms with van der Waals surface area (Å²) in [6, 6.07) is 8.41. The van der Waals surface area contributed by atoms with Crippen LogP contribution in [-0.4, -0.2) is 26.1 Å². The molecule has 0 bridgehead atoms. The van der Waals surface area contributed by atoms with Crippen LogP contribution in [0.2, 0.25) is 0 Å². The van der Waals surface area contributed by atoms with Crippen LogP contribution in [0, 0.1) is 6.92 Å². The van der Waals surface area contributed by atoms with E-state index in [1.807, 2.05) is 28.1 Å². The van der Waals surface area contributed by atoms with Gasteiger partial charge >= 0.3 is 0 Å². The summed E-state index contributed by atoms with van der Waals surface area (Å²) in [6.07, 6.45) is 0. The summed E-state index contributed by atoms with van der Waals surface area (Å²) in [5.74, 6) is 0. The maximum Gasteiger partial charge on any atom is 0.0746 e. The molecule has 2 rings (SSSR count). The van der Waals surface area contributed by atoms with Gasteiger partial charge in [-0.1, -0.05) is 0 Å². The molecule has 16 heavy (non-hydrogen) atoms. The van der Waals surface area contributed by atoms with E-state index in [-0.39, 0.29) is 0 Å². The number of nitrogens with one attached hydrogen (secondary N) is 1. The van der Waals surface area contributed by atoms with Crippen molar-refractivity contribution in [2.45, 2.75) is 6.92 Å². The fourth-order valence-electron chi connectivity index (χ4n) is 1.83. The zero-order chi connectivity index (χ0) is 11.7. The molecule has 1 heterocycles. The van der Waals surface area contributed by atoms with Crippen molar-refractivity contribution in [2.75, 3.05) is 31.4 Å². The lowest BCUT2D eigenvalue weighted by Crippen LogP contribution is -2.08. The minimum Gasteiger partial charge on any atom is -0.388 e. The van der Waals surface area contributed by atoms with E-state index in [0.717, 1.165) is 16.9 Å². The van der Waals surface area contributed by atoms with Crippen LogP contribution in [0.15, 0.2) is 24.3 Å². The average molecular weight is 215 g/mol. The molecule has 0 aliphatic heterocycles. The third kappa shape index (κ3) is 1.81. The van der Waals surface area contributed by atoms with Crippen LogP contribution in [0.4, 0.5) is 11.4 Å². The number of aryl methyl sites for hydroxylation is 1. The van der Waals surface area contributed by atoms with Crippen LogP contribution in [0.5, 0.6) is 0 Å². The number of hydrogen-bond acceptors (Lipinski definition) is 3. The summed E-state index contributed by atoms with van der Waals surface area (Å²) >= 11 is 0. The second kappa shape index (κ2) is 4.00. The highest BCUT2D eigenvalue weighted by Gasteiger charge is 2.04. The van der Waals surface area contributed by atoms with Gasteiger partial charge in [0.1, 0.15) is 0 Å². The minimum absolute atomic E-state index is 1.03. The molecule has 84 valence electrons. The molecule has 0 spiro atoms. The van der Waals surface area contributed by atoms with Crippen molar-refractivity contribution in [2.24, 2.45) is 0 Å². The maximum atomic E-state index is 4.56. The van der Waals surface area contributed by atoms with Crippen LogP contribution >= 0.6 is 0 Å². The molecule has 0 atom stereocenters. The smallest absolute Gasteiger partial charge is 0.0746 e. The normalized spacial score (nSPS) is 10.5. The number of benzene rings is 1. The molecule has 3 nitrogen and oxygen atoms in total. The predicted molar refractivity (Wildman–Crippen MR) is 70.4 cm³/mol. The summed E-state index contributed by atoms with van der Waals surface area (Å²) in [5, 5.41) is 4.37. The van der Waals surface area contributed by atoms with E-state index in [2.05, 4.69) is 39.5 Å². The number of hydrogen-bond donors (Lipinski definition) is 1. The Kier molecular flexibility index (Phi) is 2.69. The van der Waals surface area contributed by atoms with E-state index in [0.29, 0.717) is 0 Å². The van der Waals surface area contributed by atoms with Gasteiger partial charge in [0, 0.05) is 43.6 Å². The van der Waals surface area contributed by atoms with Crippen molar-refractivity contribution in [3.05, 3.63) is 30.0 Å². The molecule has 1 aromatic carbocycles. The van der Waals surface area contributed by atoms with E-state index < -0.39 is 0 Å². The van der Waals surface area contributed by atoms with Gasteiger partial charge in [-0.25, -0.2) is 0 Å². The van der Waals surface area contributed by atoms with Crippen molar-refractivity contribution in [1.29, 1.82) is 0 Å². The Morgan fingerprint density at radius 3 is 2.56 bits per heavy atom. The third-order valence-corrected chi connectivity index (χ3v) is 2.71. The fraction of sp³-hybridized carbons (Fsp3) is 0.308. The van der Waals surface area contributed by atoms with Crippen molar-refractivity contribution >= 4 is 22.3 Å². The Balaban J connectivity index is 2.69. The first-order chi connectivity index (χ1) is 7.61. The Bertz CT molecular complexity index is 518. The molecule has 0 aliphatic carbocycles. The largest absolute Gasteiger partial charge is 0.388 e. The molecule has 0 unspecified atom stereocenters. The summed E-state index contributed by atoms with van der Waals surface area (Å²) in [6.45, 7) is 2.02. The quantitative estimate of drug-likeness (QED) is 0.834. The topological polar surface area (TPSA) is 28.2 Å². The Hall–Kier alpha value is -1.77. The van der Waals surface area contributed by atoms with Crippen molar-refractivity contribution in [1.82, 2.24) is 4.98 Å². The van der Waals surface area contributed by atoms with Crippen LogP contribution in [0.1, 0.15) is 5.69 Å². The number of fused-ring (bicyclic) bond motifs is 1. The molecular weight excluding hydrogens is 198 g/mol. The van der Waals surface area contributed by atoms with Crippen LogP contribution in [-0.2, 0) is 0 Å². The Morgan fingerprint density at radius 1 is 1.19 bits per heavy atom. The molecule has 3 heteroatoms. The molecule has 1 N–H and O–H groups in total. The average Bonchev–Trinajstić information content (AvgIpc) is 2.26. The monoisotopic (exact) mass is 215 g/mol. The molecule has 0 aliphatic rings. The number of rotatable bonds is 2. The molecule has 0 fully saturated rings. The highest BCUT2D eigenvalue weighted by Crippen LogP contribution is 2.26. The van der Waals surface area contributed by atoms with Gasteiger partial charge in [-0.05, 0) is 31.2 Å². The van der Waals surface area contributed by atoms with Gasteiger partial charge in [0.25, 0.3) is 0 Å². The van der Waals surface area contributed by atoms with Crippen molar-refractivity contribution in [3.8, 4) is 0 Å². The Morgan fingerprint density at radius 2 is 1.94 bits per heavy atom. The van der Waals surface area contributed by atoms with Crippen LogP contribution in [0.3, 0.4) is 0 Å². The van der Waals surface area contributed by atoms with Crippen molar-refractivity contribution < 1.29 is 0 Å². The first-order valence-corrected chi connectivity index (χ1v) is 5.38. The summed E-state index contributed by atoms with van der Waals surface area (Å²) in [4.78, 5) is 6.65. The zero-order valence-corrected chi connectivity index (χ0v) is 10.2. The lowest BCUT2D eigenvalue weighted by molar-refractivity contribution is 1.13. The van der Waals surface area contributed by atoms with Gasteiger partial charge in [0.2, 0.25) is 0 Å².